The molecule has 3 N–H and O–H groups in total. The van der Waals surface area contributed by atoms with E-state index < -0.39 is 23.4 Å². The van der Waals surface area contributed by atoms with Crippen molar-refractivity contribution in [2.45, 2.75) is 44.1 Å². The molecule has 2 fully saturated rings. The lowest BCUT2D eigenvalue weighted by Gasteiger charge is -2.27. The first kappa shape index (κ1) is 14.8. The molecule has 20 heavy (non-hydrogen) atoms. The largest absolute Gasteiger partial charge is 0.388 e. The van der Waals surface area contributed by atoms with Crippen LogP contribution < -0.4 is 10.6 Å². The number of nitrogens with zero attached hydrogens (tertiary/aromatic N) is 1. The molecule has 0 bridgehead atoms. The molecule has 1 saturated heterocycles. The van der Waals surface area contributed by atoms with E-state index in [4.69, 9.17) is 0 Å². The van der Waals surface area contributed by atoms with Gasteiger partial charge in [0.05, 0.1) is 12.1 Å². The molecule has 112 valence electrons. The van der Waals surface area contributed by atoms with Gasteiger partial charge in [0, 0.05) is 6.54 Å². The molecule has 1 aliphatic carbocycles. The van der Waals surface area contributed by atoms with Crippen LogP contribution in [0.1, 0.15) is 38.5 Å². The summed E-state index contributed by atoms with van der Waals surface area (Å²) in [6.07, 6.45) is 5.49. The number of carbonyl (C=O) groups excluding carboxylic acids is 3. The Morgan fingerprint density at radius 2 is 1.90 bits per heavy atom. The zero-order valence-corrected chi connectivity index (χ0v) is 11.5. The molecule has 0 atom stereocenters. The Hall–Kier alpha value is -1.63. The van der Waals surface area contributed by atoms with Crippen molar-refractivity contribution < 1.29 is 19.5 Å². The molecule has 0 radical (unpaired) electrons. The van der Waals surface area contributed by atoms with E-state index >= 15 is 0 Å². The molecule has 2 rings (SSSR count). The summed E-state index contributed by atoms with van der Waals surface area (Å²) in [5.74, 6) is -0.827. The van der Waals surface area contributed by atoms with Crippen molar-refractivity contribution in [3.63, 3.8) is 0 Å². The van der Waals surface area contributed by atoms with Crippen LogP contribution in [0.25, 0.3) is 0 Å². The maximum atomic E-state index is 11.8. The van der Waals surface area contributed by atoms with Crippen molar-refractivity contribution in [2.24, 2.45) is 0 Å². The number of carbonyl (C=O) groups is 3. The highest BCUT2D eigenvalue weighted by molar-refractivity contribution is 6.04. The first-order valence-corrected chi connectivity index (χ1v) is 7.07. The van der Waals surface area contributed by atoms with Gasteiger partial charge in [-0.15, -0.1) is 0 Å². The summed E-state index contributed by atoms with van der Waals surface area (Å²) in [7, 11) is 0. The third-order valence-electron chi connectivity index (χ3n) is 3.89. The van der Waals surface area contributed by atoms with Gasteiger partial charge in [0.15, 0.2) is 0 Å². The summed E-state index contributed by atoms with van der Waals surface area (Å²) in [6.45, 7) is -0.174. The first-order valence-electron chi connectivity index (χ1n) is 7.07. The van der Waals surface area contributed by atoms with Gasteiger partial charge in [-0.3, -0.25) is 14.5 Å². The SMILES string of the molecule is O=C(CN1C(=O)CNC1=O)NCC1(O)CCCCCC1. The van der Waals surface area contributed by atoms with Gasteiger partial charge < -0.3 is 15.7 Å². The van der Waals surface area contributed by atoms with Crippen LogP contribution in [0, 0.1) is 0 Å². The monoisotopic (exact) mass is 283 g/mol. The van der Waals surface area contributed by atoms with E-state index in [9.17, 15) is 19.5 Å². The Labute approximate surface area is 117 Å². The molecule has 4 amide bonds. The van der Waals surface area contributed by atoms with Gasteiger partial charge in [0.25, 0.3) is 5.91 Å². The lowest BCUT2D eigenvalue weighted by atomic mass is 9.94. The highest BCUT2D eigenvalue weighted by Gasteiger charge is 2.32. The minimum atomic E-state index is -0.858. The molecule has 0 unspecified atom stereocenters. The van der Waals surface area contributed by atoms with Gasteiger partial charge in [-0.25, -0.2) is 4.79 Å². The number of nitrogens with one attached hydrogen (secondary N) is 2. The second-order valence-electron chi connectivity index (χ2n) is 5.55. The lowest BCUT2D eigenvalue weighted by molar-refractivity contribution is -0.131. The summed E-state index contributed by atoms with van der Waals surface area (Å²) in [5, 5.41) is 15.4. The summed E-state index contributed by atoms with van der Waals surface area (Å²) in [4.78, 5) is 35.3. The number of rotatable bonds is 4. The van der Waals surface area contributed by atoms with Gasteiger partial charge in [0.2, 0.25) is 5.91 Å². The van der Waals surface area contributed by atoms with Crippen molar-refractivity contribution in [2.75, 3.05) is 19.6 Å². The maximum Gasteiger partial charge on any atom is 0.325 e. The van der Waals surface area contributed by atoms with Crippen LogP contribution in [-0.4, -0.2) is 53.1 Å². The third-order valence-corrected chi connectivity index (χ3v) is 3.89. The summed E-state index contributed by atoms with van der Waals surface area (Å²) >= 11 is 0. The van der Waals surface area contributed by atoms with E-state index in [1.165, 1.54) is 0 Å². The molecule has 1 aliphatic heterocycles. The smallest absolute Gasteiger partial charge is 0.325 e. The van der Waals surface area contributed by atoms with Crippen LogP contribution >= 0.6 is 0 Å². The van der Waals surface area contributed by atoms with E-state index in [2.05, 4.69) is 10.6 Å². The highest BCUT2D eigenvalue weighted by Crippen LogP contribution is 2.26. The summed E-state index contributed by atoms with van der Waals surface area (Å²) in [5.41, 5.74) is -0.858. The fourth-order valence-corrected chi connectivity index (χ4v) is 2.64. The summed E-state index contributed by atoms with van der Waals surface area (Å²) in [6, 6.07) is -0.543. The normalized spacial score (nSPS) is 22.4. The Balaban J connectivity index is 1.79. The fourth-order valence-electron chi connectivity index (χ4n) is 2.64. The molecule has 7 nitrogen and oxygen atoms in total. The Morgan fingerprint density at radius 1 is 1.25 bits per heavy atom. The number of amides is 4. The number of imide groups is 1. The van der Waals surface area contributed by atoms with Crippen LogP contribution in [0.4, 0.5) is 4.79 Å². The predicted octanol–water partition coefficient (Wildman–Crippen LogP) is -0.260. The summed E-state index contributed by atoms with van der Waals surface area (Å²) < 4.78 is 0. The van der Waals surface area contributed by atoms with E-state index in [0.29, 0.717) is 12.8 Å². The standard InChI is InChI=1S/C13H21N3O4/c17-10(8-16-11(18)7-14-12(16)19)15-9-13(20)5-3-1-2-4-6-13/h20H,1-9H2,(H,14,19)(H,15,17). The lowest BCUT2D eigenvalue weighted by Crippen LogP contribution is -2.47. The molecule has 0 aromatic carbocycles. The molecule has 0 spiro atoms. The maximum absolute atomic E-state index is 11.8. The highest BCUT2D eigenvalue weighted by atomic mass is 16.3. The van der Waals surface area contributed by atoms with Crippen LogP contribution in [0.2, 0.25) is 0 Å². The van der Waals surface area contributed by atoms with Crippen molar-refractivity contribution in [1.82, 2.24) is 15.5 Å². The van der Waals surface area contributed by atoms with Crippen molar-refractivity contribution in [3.8, 4) is 0 Å². The zero-order valence-electron chi connectivity index (χ0n) is 11.5. The fraction of sp³-hybridized carbons (Fsp3) is 0.769. The van der Waals surface area contributed by atoms with E-state index in [1.54, 1.807) is 0 Å². The molecular formula is C13H21N3O4. The Kier molecular flexibility index (Phi) is 4.59. The minimum Gasteiger partial charge on any atom is -0.388 e. The van der Waals surface area contributed by atoms with Gasteiger partial charge in [-0.2, -0.15) is 0 Å². The molecule has 0 aromatic heterocycles. The number of aliphatic hydroxyl groups is 1. The Morgan fingerprint density at radius 3 is 2.45 bits per heavy atom. The van der Waals surface area contributed by atoms with Crippen LogP contribution in [0.5, 0.6) is 0 Å². The van der Waals surface area contributed by atoms with E-state index in [-0.39, 0.29) is 19.6 Å². The average Bonchev–Trinajstić information content (AvgIpc) is 2.63. The minimum absolute atomic E-state index is 0.0595. The number of hydrogen-bond acceptors (Lipinski definition) is 4. The topological polar surface area (TPSA) is 98.7 Å². The van der Waals surface area contributed by atoms with Gasteiger partial charge >= 0.3 is 6.03 Å². The van der Waals surface area contributed by atoms with E-state index in [1.807, 2.05) is 0 Å². The molecule has 1 heterocycles. The van der Waals surface area contributed by atoms with Crippen LogP contribution in [0.3, 0.4) is 0 Å². The molecular weight excluding hydrogens is 262 g/mol. The van der Waals surface area contributed by atoms with Gasteiger partial charge in [-0.05, 0) is 12.8 Å². The van der Waals surface area contributed by atoms with E-state index in [0.717, 1.165) is 30.6 Å². The third kappa shape index (κ3) is 3.69. The zero-order chi connectivity index (χ0) is 14.6. The number of hydrogen-bond donors (Lipinski definition) is 3. The molecule has 2 aliphatic rings. The van der Waals surface area contributed by atoms with Crippen molar-refractivity contribution >= 4 is 17.8 Å². The van der Waals surface area contributed by atoms with Crippen LogP contribution in [0.15, 0.2) is 0 Å². The molecule has 1 saturated carbocycles. The van der Waals surface area contributed by atoms with Crippen molar-refractivity contribution in [3.05, 3.63) is 0 Å². The van der Waals surface area contributed by atoms with Crippen molar-refractivity contribution in [1.29, 1.82) is 0 Å². The Bertz CT molecular complexity index is 386. The predicted molar refractivity (Wildman–Crippen MR) is 70.8 cm³/mol. The second-order valence-corrected chi connectivity index (χ2v) is 5.55. The quantitative estimate of drug-likeness (QED) is 0.489. The molecule has 0 aromatic rings. The van der Waals surface area contributed by atoms with Gasteiger partial charge in [0.1, 0.15) is 6.54 Å². The first-order chi connectivity index (χ1) is 9.50. The van der Waals surface area contributed by atoms with Crippen LogP contribution in [-0.2, 0) is 9.59 Å². The second kappa shape index (κ2) is 6.21. The average molecular weight is 283 g/mol. The molecule has 7 heteroatoms. The van der Waals surface area contributed by atoms with Gasteiger partial charge in [-0.1, -0.05) is 25.7 Å². The number of urea groups is 1.